The van der Waals surface area contributed by atoms with Gasteiger partial charge in [-0.15, -0.1) is 0 Å². The van der Waals surface area contributed by atoms with Crippen LogP contribution >= 0.6 is 15.9 Å². The average Bonchev–Trinajstić information content (AvgIpc) is 2.41. The van der Waals surface area contributed by atoms with E-state index in [0.29, 0.717) is 16.3 Å². The van der Waals surface area contributed by atoms with Crippen LogP contribution in [0.1, 0.15) is 5.56 Å². The largest absolute Gasteiger partial charge is 0.497 e. The Labute approximate surface area is 123 Å². The van der Waals surface area contributed by atoms with Crippen molar-refractivity contribution in [1.82, 2.24) is 0 Å². The summed E-state index contributed by atoms with van der Waals surface area (Å²) in [6.45, 7) is 0. The van der Waals surface area contributed by atoms with Gasteiger partial charge in [0, 0.05) is 10.2 Å². The molecule has 1 atom stereocenters. The minimum absolute atomic E-state index is 0.415. The Hall–Kier alpha value is -1.33. The Morgan fingerprint density at radius 1 is 1.26 bits per heavy atom. The number of ether oxygens (including phenoxy) is 1. The van der Waals surface area contributed by atoms with Crippen molar-refractivity contribution in [2.24, 2.45) is 0 Å². The van der Waals surface area contributed by atoms with Crippen LogP contribution in [0.15, 0.2) is 51.8 Å². The summed E-state index contributed by atoms with van der Waals surface area (Å²) in [7, 11) is 0.436. The molecular formula is C14H14BrNO2S. The number of nitrogen functional groups attached to an aromatic ring is 1. The summed E-state index contributed by atoms with van der Waals surface area (Å²) in [6.07, 6.45) is 0. The fraction of sp³-hybridized carbons (Fsp3) is 0.143. The second-order valence-corrected chi connectivity index (χ2v) is 6.36. The molecule has 0 aromatic heterocycles. The fourth-order valence-corrected chi connectivity index (χ4v) is 3.44. The third-order valence-corrected chi connectivity index (χ3v) is 4.59. The molecule has 0 saturated heterocycles. The van der Waals surface area contributed by atoms with Crippen molar-refractivity contribution in [3.8, 4) is 5.75 Å². The van der Waals surface area contributed by atoms with Gasteiger partial charge in [-0.2, -0.15) is 0 Å². The van der Waals surface area contributed by atoms with E-state index in [9.17, 15) is 4.21 Å². The van der Waals surface area contributed by atoms with Crippen LogP contribution in [0, 0.1) is 0 Å². The lowest BCUT2D eigenvalue weighted by atomic mass is 10.2. The topological polar surface area (TPSA) is 52.3 Å². The number of anilines is 1. The van der Waals surface area contributed by atoms with E-state index in [2.05, 4.69) is 15.9 Å². The van der Waals surface area contributed by atoms with Gasteiger partial charge in [-0.05, 0) is 35.9 Å². The molecule has 0 radical (unpaired) electrons. The zero-order valence-corrected chi connectivity index (χ0v) is 12.8. The van der Waals surface area contributed by atoms with Gasteiger partial charge >= 0.3 is 0 Å². The molecule has 0 bridgehead atoms. The van der Waals surface area contributed by atoms with Gasteiger partial charge in [-0.25, -0.2) is 0 Å². The number of benzene rings is 2. The van der Waals surface area contributed by atoms with E-state index in [1.807, 2.05) is 30.3 Å². The molecule has 2 aromatic rings. The minimum Gasteiger partial charge on any atom is -0.497 e. The predicted octanol–water partition coefficient (Wildman–Crippen LogP) is 3.35. The number of hydrogen-bond acceptors (Lipinski definition) is 3. The molecule has 0 aliphatic heterocycles. The number of rotatable bonds is 4. The fourth-order valence-electron chi connectivity index (χ4n) is 1.70. The summed E-state index contributed by atoms with van der Waals surface area (Å²) in [5.74, 6) is 1.18. The van der Waals surface area contributed by atoms with E-state index >= 15 is 0 Å². The number of nitrogens with two attached hydrogens (primary N) is 1. The lowest BCUT2D eigenvalue weighted by Crippen LogP contribution is -2.01. The van der Waals surface area contributed by atoms with Crippen LogP contribution in [-0.4, -0.2) is 11.3 Å². The molecule has 2 rings (SSSR count). The zero-order valence-electron chi connectivity index (χ0n) is 10.4. The summed E-state index contributed by atoms with van der Waals surface area (Å²) in [5.41, 5.74) is 7.36. The van der Waals surface area contributed by atoms with Crippen molar-refractivity contribution in [2.75, 3.05) is 12.8 Å². The van der Waals surface area contributed by atoms with Crippen LogP contribution in [0.25, 0.3) is 0 Å². The highest BCUT2D eigenvalue weighted by Gasteiger charge is 2.10. The van der Waals surface area contributed by atoms with Gasteiger partial charge in [0.25, 0.3) is 0 Å². The van der Waals surface area contributed by atoms with Crippen molar-refractivity contribution in [3.05, 3.63) is 52.5 Å². The van der Waals surface area contributed by atoms with Crippen molar-refractivity contribution in [1.29, 1.82) is 0 Å². The maximum Gasteiger partial charge on any atom is 0.119 e. The SMILES string of the molecule is COc1cccc(CS(=O)c2cc(Br)ccc2N)c1. The summed E-state index contributed by atoms with van der Waals surface area (Å²) in [4.78, 5) is 0.650. The van der Waals surface area contributed by atoms with Crippen molar-refractivity contribution < 1.29 is 8.95 Å². The Morgan fingerprint density at radius 2 is 2.05 bits per heavy atom. The van der Waals surface area contributed by atoms with Crippen LogP contribution in [-0.2, 0) is 16.6 Å². The van der Waals surface area contributed by atoms with Gasteiger partial charge in [-0.1, -0.05) is 28.1 Å². The van der Waals surface area contributed by atoms with Gasteiger partial charge in [0.1, 0.15) is 5.75 Å². The Morgan fingerprint density at radius 3 is 2.79 bits per heavy atom. The molecule has 19 heavy (non-hydrogen) atoms. The Bertz CT molecular complexity index is 616. The van der Waals surface area contributed by atoms with Crippen LogP contribution in [0.4, 0.5) is 5.69 Å². The molecule has 0 saturated carbocycles. The average molecular weight is 340 g/mol. The first-order chi connectivity index (χ1) is 9.10. The third-order valence-electron chi connectivity index (χ3n) is 2.65. The molecule has 1 unspecified atom stereocenters. The maximum absolute atomic E-state index is 12.4. The minimum atomic E-state index is -1.18. The van der Waals surface area contributed by atoms with Crippen LogP contribution in [0.3, 0.4) is 0 Å². The van der Waals surface area contributed by atoms with E-state index in [-0.39, 0.29) is 0 Å². The first-order valence-electron chi connectivity index (χ1n) is 5.66. The lowest BCUT2D eigenvalue weighted by Gasteiger charge is -2.07. The van der Waals surface area contributed by atoms with E-state index < -0.39 is 10.8 Å². The van der Waals surface area contributed by atoms with Crippen LogP contribution < -0.4 is 10.5 Å². The van der Waals surface area contributed by atoms with Gasteiger partial charge in [0.15, 0.2) is 0 Å². The third kappa shape index (κ3) is 3.58. The molecule has 5 heteroatoms. The Kier molecular flexibility index (Phi) is 4.61. The molecule has 2 N–H and O–H groups in total. The normalized spacial score (nSPS) is 12.1. The molecule has 0 aliphatic rings. The van der Waals surface area contributed by atoms with Crippen molar-refractivity contribution in [3.63, 3.8) is 0 Å². The van der Waals surface area contributed by atoms with Crippen molar-refractivity contribution in [2.45, 2.75) is 10.6 Å². The van der Waals surface area contributed by atoms with E-state index in [1.165, 1.54) is 0 Å². The maximum atomic E-state index is 12.4. The summed E-state index contributed by atoms with van der Waals surface area (Å²) < 4.78 is 18.4. The molecule has 0 amide bonds. The van der Waals surface area contributed by atoms with Gasteiger partial charge in [-0.3, -0.25) is 4.21 Å². The predicted molar refractivity (Wildman–Crippen MR) is 81.7 cm³/mol. The van der Waals surface area contributed by atoms with Crippen LogP contribution in [0.2, 0.25) is 0 Å². The first kappa shape index (κ1) is 14.1. The zero-order chi connectivity index (χ0) is 13.8. The molecule has 0 fully saturated rings. The monoisotopic (exact) mass is 339 g/mol. The summed E-state index contributed by atoms with van der Waals surface area (Å²) in [6, 6.07) is 12.9. The highest BCUT2D eigenvalue weighted by Crippen LogP contribution is 2.24. The van der Waals surface area contributed by atoms with Crippen molar-refractivity contribution >= 4 is 32.4 Å². The van der Waals surface area contributed by atoms with Gasteiger partial charge < -0.3 is 10.5 Å². The number of halogens is 1. The van der Waals surface area contributed by atoms with E-state index in [1.54, 1.807) is 19.2 Å². The standard InChI is InChI=1S/C14H14BrNO2S/c1-18-12-4-2-3-10(7-12)9-19(17)14-8-11(15)5-6-13(14)16/h2-8H,9,16H2,1H3. The van der Waals surface area contributed by atoms with Gasteiger partial charge in [0.05, 0.1) is 28.6 Å². The second kappa shape index (κ2) is 6.21. The lowest BCUT2D eigenvalue weighted by molar-refractivity contribution is 0.414. The highest BCUT2D eigenvalue weighted by molar-refractivity contribution is 9.10. The molecule has 3 nitrogen and oxygen atoms in total. The van der Waals surface area contributed by atoms with E-state index in [4.69, 9.17) is 10.5 Å². The van der Waals surface area contributed by atoms with E-state index in [0.717, 1.165) is 15.8 Å². The van der Waals surface area contributed by atoms with Crippen LogP contribution in [0.5, 0.6) is 5.75 Å². The first-order valence-corrected chi connectivity index (χ1v) is 7.77. The molecular weight excluding hydrogens is 326 g/mol. The molecule has 100 valence electrons. The molecule has 0 heterocycles. The number of hydrogen-bond donors (Lipinski definition) is 1. The smallest absolute Gasteiger partial charge is 0.119 e. The number of methoxy groups -OCH3 is 1. The molecule has 0 aliphatic carbocycles. The quantitative estimate of drug-likeness (QED) is 0.869. The highest BCUT2D eigenvalue weighted by atomic mass is 79.9. The summed E-state index contributed by atoms with van der Waals surface area (Å²) in [5, 5.41) is 0. The summed E-state index contributed by atoms with van der Waals surface area (Å²) >= 11 is 3.36. The van der Waals surface area contributed by atoms with Gasteiger partial charge in [0.2, 0.25) is 0 Å². The Balaban J connectivity index is 2.23. The second-order valence-electron chi connectivity index (χ2n) is 4.02. The molecule has 2 aromatic carbocycles. The molecule has 0 spiro atoms.